The minimum atomic E-state index is 0.273. The van der Waals surface area contributed by atoms with Crippen LogP contribution in [0.4, 0.5) is 0 Å². The van der Waals surface area contributed by atoms with E-state index in [1.807, 2.05) is 18.5 Å². The Morgan fingerprint density at radius 2 is 2.13 bits per heavy atom. The molecule has 0 atom stereocenters. The number of hydrogen-bond donors (Lipinski definition) is 0. The molecule has 4 nitrogen and oxygen atoms in total. The Balaban J connectivity index is 2.20. The van der Waals surface area contributed by atoms with Crippen molar-refractivity contribution in [3.05, 3.63) is 5.82 Å². The van der Waals surface area contributed by atoms with Crippen molar-refractivity contribution >= 4 is 17.5 Å². The van der Waals surface area contributed by atoms with Gasteiger partial charge in [-0.3, -0.25) is 0 Å². The molecule has 0 aliphatic carbocycles. The average molecular weight is 227 g/mol. The zero-order valence-corrected chi connectivity index (χ0v) is 10.3. The molecule has 84 valence electrons. The summed E-state index contributed by atoms with van der Waals surface area (Å²) < 4.78 is 1.98. The minimum absolute atomic E-state index is 0.273. The van der Waals surface area contributed by atoms with Crippen LogP contribution in [-0.2, 0) is 11.8 Å². The molecule has 0 unspecified atom stereocenters. The van der Waals surface area contributed by atoms with Gasteiger partial charge in [0.05, 0.1) is 0 Å². The van der Waals surface area contributed by atoms with E-state index in [1.165, 1.54) is 0 Å². The Labute approximate surface area is 94.5 Å². The van der Waals surface area contributed by atoms with E-state index in [4.69, 9.17) is 0 Å². The molecule has 0 aliphatic heterocycles. The fourth-order valence-corrected chi connectivity index (χ4v) is 2.11. The first-order valence-corrected chi connectivity index (χ1v) is 6.08. The summed E-state index contributed by atoms with van der Waals surface area (Å²) in [4.78, 5) is 10.7. The molecule has 0 N–H and O–H groups in total. The maximum absolute atomic E-state index is 10.7. The monoisotopic (exact) mass is 227 g/mol. The largest absolute Gasteiger partial charge is 0.309 e. The molecule has 0 aliphatic rings. The normalized spacial score (nSPS) is 10.6. The Morgan fingerprint density at radius 1 is 1.40 bits per heavy atom. The summed E-state index contributed by atoms with van der Waals surface area (Å²) in [5.74, 6) is 2.20. The second kappa shape index (κ2) is 5.90. The van der Waals surface area contributed by atoms with E-state index >= 15 is 0 Å². The highest BCUT2D eigenvalue weighted by Crippen LogP contribution is 2.17. The molecule has 0 bridgehead atoms. The van der Waals surface area contributed by atoms with Gasteiger partial charge >= 0.3 is 0 Å². The predicted molar refractivity (Wildman–Crippen MR) is 61.0 cm³/mol. The van der Waals surface area contributed by atoms with Gasteiger partial charge in [-0.2, -0.15) is 0 Å². The lowest BCUT2D eigenvalue weighted by Gasteiger charge is -2.00. The van der Waals surface area contributed by atoms with Gasteiger partial charge in [0.15, 0.2) is 5.16 Å². The predicted octanol–water partition coefficient (Wildman–Crippen LogP) is 1.97. The molecule has 0 radical (unpaired) electrons. The van der Waals surface area contributed by atoms with Crippen LogP contribution < -0.4 is 0 Å². The third-order valence-electron chi connectivity index (χ3n) is 2.21. The average Bonchev–Trinajstić information content (AvgIpc) is 2.48. The van der Waals surface area contributed by atoms with Gasteiger partial charge in [-0.1, -0.05) is 11.8 Å². The third kappa shape index (κ3) is 4.03. The van der Waals surface area contributed by atoms with Crippen molar-refractivity contribution < 1.29 is 4.79 Å². The maximum Gasteiger partial charge on any atom is 0.190 e. The van der Waals surface area contributed by atoms with Crippen LogP contribution in [0.5, 0.6) is 0 Å². The highest BCUT2D eigenvalue weighted by Gasteiger charge is 2.04. The first-order valence-electron chi connectivity index (χ1n) is 5.09. The molecule has 1 heterocycles. The highest BCUT2D eigenvalue weighted by molar-refractivity contribution is 7.99. The van der Waals surface area contributed by atoms with Crippen LogP contribution >= 0.6 is 11.8 Å². The second-order valence-corrected chi connectivity index (χ2v) is 4.66. The molecule has 1 aromatic heterocycles. The molecule has 0 spiro atoms. The molecule has 0 amide bonds. The fourth-order valence-electron chi connectivity index (χ4n) is 1.15. The van der Waals surface area contributed by atoms with Gasteiger partial charge in [0.25, 0.3) is 0 Å². The van der Waals surface area contributed by atoms with Gasteiger partial charge < -0.3 is 9.36 Å². The number of ketones is 1. The molecule has 0 fully saturated rings. The van der Waals surface area contributed by atoms with E-state index in [9.17, 15) is 4.79 Å². The van der Waals surface area contributed by atoms with E-state index in [1.54, 1.807) is 18.7 Å². The molecular formula is C10H17N3OS. The Morgan fingerprint density at radius 3 is 2.67 bits per heavy atom. The number of carbonyl (C=O) groups is 1. The SMILES string of the molecule is CC(=O)CCCCSc1nnc(C)n1C. The Bertz CT molecular complexity index is 335. The van der Waals surface area contributed by atoms with Crippen LogP contribution in [0.2, 0.25) is 0 Å². The summed E-state index contributed by atoms with van der Waals surface area (Å²) in [7, 11) is 1.97. The Kier molecular flexibility index (Phi) is 4.81. The number of hydrogen-bond acceptors (Lipinski definition) is 4. The van der Waals surface area contributed by atoms with Gasteiger partial charge in [0.2, 0.25) is 0 Å². The minimum Gasteiger partial charge on any atom is -0.309 e. The molecule has 0 saturated carbocycles. The van der Waals surface area contributed by atoms with Gasteiger partial charge in [-0.05, 0) is 26.7 Å². The smallest absolute Gasteiger partial charge is 0.190 e. The van der Waals surface area contributed by atoms with Crippen LogP contribution in [0.3, 0.4) is 0 Å². The maximum atomic E-state index is 10.7. The number of aromatic nitrogens is 3. The molecule has 1 rings (SSSR count). The van der Waals surface area contributed by atoms with Crippen molar-refractivity contribution in [2.75, 3.05) is 5.75 Å². The first-order chi connectivity index (χ1) is 7.11. The molecular weight excluding hydrogens is 210 g/mol. The summed E-state index contributed by atoms with van der Waals surface area (Å²) in [6.07, 6.45) is 2.72. The second-order valence-electron chi connectivity index (χ2n) is 3.60. The zero-order chi connectivity index (χ0) is 11.3. The molecule has 5 heteroatoms. The number of carbonyl (C=O) groups excluding carboxylic acids is 1. The number of nitrogens with zero attached hydrogens (tertiary/aromatic N) is 3. The molecule has 0 saturated heterocycles. The zero-order valence-electron chi connectivity index (χ0n) is 9.49. The lowest BCUT2D eigenvalue weighted by molar-refractivity contribution is -0.117. The van der Waals surface area contributed by atoms with E-state index in [0.717, 1.165) is 29.6 Å². The topological polar surface area (TPSA) is 47.8 Å². The number of aryl methyl sites for hydroxylation is 1. The standard InChI is InChI=1S/C10H17N3OS/c1-8(14)6-4-5-7-15-10-12-11-9(2)13(10)3/h4-7H2,1-3H3. The number of Topliss-reactive ketones (excluding diaryl/α,β-unsaturated/α-hetero) is 1. The number of rotatable bonds is 6. The van der Waals surface area contributed by atoms with Crippen LogP contribution in [0.15, 0.2) is 5.16 Å². The van der Waals surface area contributed by atoms with Crippen molar-refractivity contribution in [1.82, 2.24) is 14.8 Å². The lowest BCUT2D eigenvalue weighted by Crippen LogP contribution is -1.95. The first kappa shape index (κ1) is 12.2. The van der Waals surface area contributed by atoms with Gasteiger partial charge in [-0.25, -0.2) is 0 Å². The summed E-state index contributed by atoms with van der Waals surface area (Å²) in [6, 6.07) is 0. The molecule has 0 aromatic carbocycles. The Hall–Kier alpha value is -0.840. The van der Waals surface area contributed by atoms with Crippen LogP contribution in [0.25, 0.3) is 0 Å². The fraction of sp³-hybridized carbons (Fsp3) is 0.700. The number of thioether (sulfide) groups is 1. The number of unbranched alkanes of at least 4 members (excludes halogenated alkanes) is 1. The highest BCUT2D eigenvalue weighted by atomic mass is 32.2. The summed E-state index contributed by atoms with van der Waals surface area (Å²) in [5, 5.41) is 8.99. The summed E-state index contributed by atoms with van der Waals surface area (Å²) in [6.45, 7) is 3.58. The summed E-state index contributed by atoms with van der Waals surface area (Å²) in [5.41, 5.74) is 0. The van der Waals surface area contributed by atoms with E-state index in [2.05, 4.69) is 10.2 Å². The van der Waals surface area contributed by atoms with Gasteiger partial charge in [0, 0.05) is 19.2 Å². The van der Waals surface area contributed by atoms with Gasteiger partial charge in [0.1, 0.15) is 11.6 Å². The lowest BCUT2D eigenvalue weighted by atomic mass is 10.2. The molecule has 15 heavy (non-hydrogen) atoms. The molecule has 1 aromatic rings. The third-order valence-corrected chi connectivity index (χ3v) is 3.31. The van der Waals surface area contributed by atoms with Crippen LogP contribution in [0.1, 0.15) is 32.0 Å². The van der Waals surface area contributed by atoms with Crippen LogP contribution in [0, 0.1) is 6.92 Å². The van der Waals surface area contributed by atoms with E-state index < -0.39 is 0 Å². The van der Waals surface area contributed by atoms with E-state index in [-0.39, 0.29) is 5.78 Å². The van der Waals surface area contributed by atoms with Gasteiger partial charge in [-0.15, -0.1) is 10.2 Å². The van der Waals surface area contributed by atoms with E-state index in [0.29, 0.717) is 6.42 Å². The van der Waals surface area contributed by atoms with Crippen molar-refractivity contribution in [2.45, 2.75) is 38.3 Å². The quantitative estimate of drug-likeness (QED) is 0.550. The van der Waals surface area contributed by atoms with Crippen LogP contribution in [-0.4, -0.2) is 26.3 Å². The van der Waals surface area contributed by atoms with Crippen molar-refractivity contribution in [3.63, 3.8) is 0 Å². The summed E-state index contributed by atoms with van der Waals surface area (Å²) >= 11 is 1.70. The van der Waals surface area contributed by atoms with Crippen molar-refractivity contribution in [1.29, 1.82) is 0 Å². The van der Waals surface area contributed by atoms with Crippen molar-refractivity contribution in [2.24, 2.45) is 7.05 Å². The van der Waals surface area contributed by atoms with Crippen molar-refractivity contribution in [3.8, 4) is 0 Å².